The van der Waals surface area contributed by atoms with Gasteiger partial charge in [-0.2, -0.15) is 0 Å². The number of nitrogens with zero attached hydrogens (tertiary/aromatic N) is 1. The van der Waals surface area contributed by atoms with E-state index >= 15 is 0 Å². The van der Waals surface area contributed by atoms with E-state index in [1.807, 2.05) is 0 Å². The van der Waals surface area contributed by atoms with E-state index in [2.05, 4.69) is 40.7 Å². The summed E-state index contributed by atoms with van der Waals surface area (Å²) in [6, 6.07) is 4.10. The van der Waals surface area contributed by atoms with E-state index < -0.39 is 24.0 Å². The van der Waals surface area contributed by atoms with Crippen molar-refractivity contribution in [3.05, 3.63) is 41.6 Å². The zero-order valence-corrected chi connectivity index (χ0v) is 15.8. The average molecular weight is 352 g/mol. The summed E-state index contributed by atoms with van der Waals surface area (Å²) in [6.45, 7) is 0. The van der Waals surface area contributed by atoms with Gasteiger partial charge >= 0.3 is 0 Å². The fraction of sp³-hybridized carbons (Fsp3) is 0.0833. The predicted molar refractivity (Wildman–Crippen MR) is 84.0 cm³/mol. The van der Waals surface area contributed by atoms with Crippen LogP contribution in [0.5, 0.6) is 0 Å². The molecule has 2 aromatic rings. The maximum absolute atomic E-state index is 14.2. The molecule has 9 heteroatoms. The molecule has 0 aliphatic heterocycles. The van der Waals surface area contributed by atoms with E-state index in [4.69, 9.17) is 0 Å². The van der Waals surface area contributed by atoms with E-state index in [1.54, 1.807) is 0 Å². The molecule has 0 aliphatic carbocycles. The van der Waals surface area contributed by atoms with E-state index in [0.29, 0.717) is 0 Å². The van der Waals surface area contributed by atoms with Crippen molar-refractivity contribution in [2.24, 2.45) is 0 Å². The van der Waals surface area contributed by atoms with Crippen LogP contribution in [0.15, 0.2) is 24.4 Å². The minimum absolute atomic E-state index is 0. The number of carbonyl (C=O) groups is 1. The standard InChI is InChI=1S/C12H9F2N3OS2.K/c13-8-5-9-6(2-1-3-15-9)11(14)7(8)4-10(18)16-17-12(19)20;/h1-3,5H,4H2,(H,16,18)(H2,17,19,20);. The van der Waals surface area contributed by atoms with Crippen LogP contribution in [0.3, 0.4) is 0 Å². The number of benzene rings is 1. The molecule has 1 radical (unpaired) electrons. The zero-order valence-electron chi connectivity index (χ0n) is 11.0. The third-order valence-corrected chi connectivity index (χ3v) is 2.75. The van der Waals surface area contributed by atoms with Crippen LogP contribution in [-0.4, -0.2) is 66.6 Å². The second-order valence-electron chi connectivity index (χ2n) is 3.88. The first kappa shape index (κ1) is 18.9. The van der Waals surface area contributed by atoms with Crippen molar-refractivity contribution >= 4 is 97.4 Å². The summed E-state index contributed by atoms with van der Waals surface area (Å²) in [5.41, 5.74) is 4.33. The number of rotatable bonds is 2. The van der Waals surface area contributed by atoms with Gasteiger partial charge < -0.3 is 0 Å². The van der Waals surface area contributed by atoms with E-state index in [0.717, 1.165) is 6.07 Å². The Hall–Kier alpha value is -0.164. The third-order valence-electron chi connectivity index (χ3n) is 2.54. The number of hydrogen-bond acceptors (Lipinski definition) is 3. The Bertz CT molecular complexity index is 700. The van der Waals surface area contributed by atoms with Gasteiger partial charge in [-0.1, -0.05) is 12.2 Å². The summed E-state index contributed by atoms with van der Waals surface area (Å²) >= 11 is 8.31. The summed E-state index contributed by atoms with van der Waals surface area (Å²) in [5.74, 6) is -2.25. The molecule has 4 nitrogen and oxygen atoms in total. The molecular weight excluding hydrogens is 343 g/mol. The molecule has 0 atom stereocenters. The van der Waals surface area contributed by atoms with Crippen LogP contribution in [0.1, 0.15) is 5.56 Å². The van der Waals surface area contributed by atoms with Gasteiger partial charge in [-0.05, 0) is 12.1 Å². The number of fused-ring (bicyclic) bond motifs is 1. The number of thiol groups is 1. The number of carbonyl (C=O) groups excluding carboxylic acids is 1. The van der Waals surface area contributed by atoms with Gasteiger partial charge in [-0.15, -0.1) is 12.6 Å². The monoisotopic (exact) mass is 352 g/mol. The van der Waals surface area contributed by atoms with Gasteiger partial charge in [-0.3, -0.25) is 20.6 Å². The molecule has 2 N–H and O–H groups in total. The molecular formula is C12H9F2KN3OS2. The van der Waals surface area contributed by atoms with Crippen LogP contribution in [0, 0.1) is 11.6 Å². The van der Waals surface area contributed by atoms with Crippen molar-refractivity contribution in [2.75, 3.05) is 0 Å². The minimum atomic E-state index is -0.822. The van der Waals surface area contributed by atoms with Gasteiger partial charge in [0.2, 0.25) is 5.91 Å². The first-order chi connectivity index (χ1) is 9.49. The quantitative estimate of drug-likeness (QED) is 0.332. The number of thiocarbonyl (C=S) groups is 1. The van der Waals surface area contributed by atoms with Crippen LogP contribution < -0.4 is 10.9 Å². The summed E-state index contributed by atoms with van der Waals surface area (Å²) in [6.07, 6.45) is 0.969. The summed E-state index contributed by atoms with van der Waals surface area (Å²) in [5, 5.41) is 0.161. The minimum Gasteiger partial charge on any atom is -0.283 e. The smallest absolute Gasteiger partial charge is 0.242 e. The number of hydrogen-bond donors (Lipinski definition) is 3. The second-order valence-corrected chi connectivity index (χ2v) is 5.03. The Morgan fingerprint density at radius 2 is 2.10 bits per heavy atom. The van der Waals surface area contributed by atoms with Gasteiger partial charge in [0.1, 0.15) is 16.0 Å². The van der Waals surface area contributed by atoms with Crippen molar-refractivity contribution in [1.29, 1.82) is 0 Å². The normalized spacial score (nSPS) is 9.86. The molecule has 1 aromatic carbocycles. The van der Waals surface area contributed by atoms with Crippen LogP contribution >= 0.6 is 24.8 Å². The van der Waals surface area contributed by atoms with Gasteiger partial charge in [0.25, 0.3) is 0 Å². The van der Waals surface area contributed by atoms with Crippen molar-refractivity contribution in [3.63, 3.8) is 0 Å². The van der Waals surface area contributed by atoms with Crippen molar-refractivity contribution < 1.29 is 13.6 Å². The van der Waals surface area contributed by atoms with Gasteiger partial charge in [0, 0.05) is 74.6 Å². The zero-order chi connectivity index (χ0) is 14.7. The molecule has 1 amide bonds. The van der Waals surface area contributed by atoms with Gasteiger partial charge in [0.15, 0.2) is 0 Å². The van der Waals surface area contributed by atoms with Crippen LogP contribution in [0.4, 0.5) is 8.78 Å². The number of amides is 1. The molecule has 0 bridgehead atoms. The Labute approximate surface area is 172 Å². The Kier molecular flexibility index (Phi) is 7.61. The molecule has 0 fully saturated rings. The van der Waals surface area contributed by atoms with Crippen molar-refractivity contribution in [1.82, 2.24) is 15.8 Å². The predicted octanol–water partition coefficient (Wildman–Crippen LogP) is 1.51. The van der Waals surface area contributed by atoms with E-state index in [-0.39, 0.29) is 72.2 Å². The number of aromatic nitrogens is 1. The molecule has 0 saturated carbocycles. The summed E-state index contributed by atoms with van der Waals surface area (Å²) in [7, 11) is 0. The average Bonchev–Trinajstić information content (AvgIpc) is 2.41. The SMILES string of the molecule is O=C(Cc1c(F)cc2ncccc2c1F)NNC(=S)S.[K]. The van der Waals surface area contributed by atoms with Crippen LogP contribution in [0.2, 0.25) is 0 Å². The molecule has 0 aliphatic rings. The molecule has 1 aromatic heterocycles. The Morgan fingerprint density at radius 1 is 1.38 bits per heavy atom. The first-order valence-electron chi connectivity index (χ1n) is 5.48. The van der Waals surface area contributed by atoms with Crippen molar-refractivity contribution in [2.45, 2.75) is 6.42 Å². The molecule has 1 heterocycles. The number of pyridine rings is 1. The fourth-order valence-corrected chi connectivity index (χ4v) is 1.79. The van der Waals surface area contributed by atoms with E-state index in [1.165, 1.54) is 18.3 Å². The summed E-state index contributed by atoms with van der Waals surface area (Å²) < 4.78 is 28.0. The molecule has 105 valence electrons. The van der Waals surface area contributed by atoms with E-state index in [9.17, 15) is 13.6 Å². The molecule has 0 spiro atoms. The Balaban J connectivity index is 0.00000220. The van der Waals surface area contributed by atoms with Crippen LogP contribution in [-0.2, 0) is 11.2 Å². The maximum atomic E-state index is 14.2. The number of hydrazine groups is 1. The molecule has 0 unspecified atom stereocenters. The first-order valence-corrected chi connectivity index (χ1v) is 6.34. The fourth-order valence-electron chi connectivity index (χ4n) is 1.68. The largest absolute Gasteiger partial charge is 0.283 e. The molecule has 2 rings (SSSR count). The number of halogens is 2. The topological polar surface area (TPSA) is 54.0 Å². The Morgan fingerprint density at radius 3 is 2.76 bits per heavy atom. The van der Waals surface area contributed by atoms with Crippen molar-refractivity contribution in [3.8, 4) is 0 Å². The second kappa shape index (κ2) is 8.46. The maximum Gasteiger partial charge on any atom is 0.242 e. The van der Waals surface area contributed by atoms with Crippen LogP contribution in [0.25, 0.3) is 10.9 Å². The third kappa shape index (κ3) is 4.91. The number of nitrogens with one attached hydrogen (secondary N) is 2. The summed E-state index contributed by atoms with van der Waals surface area (Å²) in [4.78, 5) is 15.4. The van der Waals surface area contributed by atoms with Gasteiger partial charge in [-0.25, -0.2) is 8.78 Å². The molecule has 21 heavy (non-hydrogen) atoms. The van der Waals surface area contributed by atoms with Gasteiger partial charge in [0.05, 0.1) is 11.9 Å². The molecule has 0 saturated heterocycles.